The third-order valence-corrected chi connectivity index (χ3v) is 3.26. The van der Waals surface area contributed by atoms with Gasteiger partial charge in [0.25, 0.3) is 0 Å². The Labute approximate surface area is 105 Å². The van der Waals surface area contributed by atoms with Crippen LogP contribution in [0.25, 0.3) is 11.0 Å². The molecule has 94 valence electrons. The molecule has 0 saturated heterocycles. The van der Waals surface area contributed by atoms with E-state index in [4.69, 9.17) is 15.2 Å². The van der Waals surface area contributed by atoms with Crippen LogP contribution in [-0.2, 0) is 0 Å². The molecule has 0 aliphatic carbocycles. The van der Waals surface area contributed by atoms with E-state index in [1.807, 2.05) is 12.1 Å². The first-order valence-corrected chi connectivity index (χ1v) is 6.00. The van der Waals surface area contributed by atoms with E-state index < -0.39 is 0 Å². The molecule has 1 atom stereocenters. The van der Waals surface area contributed by atoms with Crippen molar-refractivity contribution in [1.82, 2.24) is 9.97 Å². The summed E-state index contributed by atoms with van der Waals surface area (Å²) in [6, 6.07) is 3.73. The molecular formula is C13H15N3O2. The second-order valence-electron chi connectivity index (χ2n) is 4.34. The summed E-state index contributed by atoms with van der Waals surface area (Å²) in [6.45, 7) is 1.30. The molecule has 1 aliphatic rings. The van der Waals surface area contributed by atoms with Gasteiger partial charge in [0.2, 0.25) is 5.88 Å². The fourth-order valence-corrected chi connectivity index (χ4v) is 2.38. The minimum Gasteiger partial charge on any atom is -0.491 e. The molecule has 0 fully saturated rings. The molecule has 0 saturated carbocycles. The third-order valence-electron chi connectivity index (χ3n) is 3.26. The Morgan fingerprint density at radius 3 is 3.17 bits per heavy atom. The van der Waals surface area contributed by atoms with Crippen molar-refractivity contribution in [2.24, 2.45) is 5.73 Å². The summed E-state index contributed by atoms with van der Waals surface area (Å²) in [5.74, 6) is 1.72. The first-order chi connectivity index (χ1) is 8.83. The van der Waals surface area contributed by atoms with Crippen LogP contribution >= 0.6 is 0 Å². The van der Waals surface area contributed by atoms with Crippen LogP contribution in [0.1, 0.15) is 17.9 Å². The zero-order chi connectivity index (χ0) is 12.5. The monoisotopic (exact) mass is 245 g/mol. The summed E-state index contributed by atoms with van der Waals surface area (Å²) in [4.78, 5) is 8.84. The van der Waals surface area contributed by atoms with Crippen molar-refractivity contribution in [3.8, 4) is 11.6 Å². The summed E-state index contributed by atoms with van der Waals surface area (Å²) in [5, 5.41) is 0. The fourth-order valence-electron chi connectivity index (χ4n) is 2.38. The number of fused-ring (bicyclic) bond motifs is 3. The van der Waals surface area contributed by atoms with Crippen LogP contribution in [0.3, 0.4) is 0 Å². The average molecular weight is 245 g/mol. The van der Waals surface area contributed by atoms with Crippen LogP contribution in [0.5, 0.6) is 11.6 Å². The standard InChI is InChI=1S/C13H15N3O2/c1-17-11-3-2-9-13(16-11)12-8(4-5-14)7-18-10(12)6-15-9/h2-3,6,8H,4-5,7,14H2,1H3/t8-/m0/s1. The number of nitrogens with two attached hydrogens (primary N) is 1. The molecule has 18 heavy (non-hydrogen) atoms. The summed E-state index contributed by atoms with van der Waals surface area (Å²) < 4.78 is 10.8. The SMILES string of the molecule is COc1ccc2ncc3c(c2n1)[C@@H](CCN)CO3. The van der Waals surface area contributed by atoms with Gasteiger partial charge < -0.3 is 15.2 Å². The minimum atomic E-state index is 0.301. The van der Waals surface area contributed by atoms with Gasteiger partial charge in [-0.3, -0.25) is 4.98 Å². The predicted molar refractivity (Wildman–Crippen MR) is 68.0 cm³/mol. The van der Waals surface area contributed by atoms with Crippen LogP contribution < -0.4 is 15.2 Å². The summed E-state index contributed by atoms with van der Waals surface area (Å²) in [6.07, 6.45) is 2.66. The predicted octanol–water partition coefficient (Wildman–Crippen LogP) is 1.46. The zero-order valence-corrected chi connectivity index (χ0v) is 10.2. The molecule has 1 aliphatic heterocycles. The van der Waals surface area contributed by atoms with Crippen LogP contribution in [0, 0.1) is 0 Å². The Morgan fingerprint density at radius 2 is 2.39 bits per heavy atom. The van der Waals surface area contributed by atoms with Crippen LogP contribution in [-0.4, -0.2) is 30.2 Å². The first kappa shape index (κ1) is 11.2. The Kier molecular flexibility index (Phi) is 2.76. The maximum Gasteiger partial charge on any atom is 0.213 e. The molecular weight excluding hydrogens is 230 g/mol. The highest BCUT2D eigenvalue weighted by Crippen LogP contribution is 2.39. The quantitative estimate of drug-likeness (QED) is 0.886. The molecule has 2 aromatic rings. The topological polar surface area (TPSA) is 70.3 Å². The lowest BCUT2D eigenvalue weighted by Gasteiger charge is -2.09. The van der Waals surface area contributed by atoms with E-state index in [1.165, 1.54) is 0 Å². The van der Waals surface area contributed by atoms with Crippen molar-refractivity contribution in [2.75, 3.05) is 20.3 Å². The number of methoxy groups -OCH3 is 1. The van der Waals surface area contributed by atoms with Gasteiger partial charge in [0.1, 0.15) is 11.3 Å². The van der Waals surface area contributed by atoms with E-state index in [1.54, 1.807) is 13.3 Å². The van der Waals surface area contributed by atoms with Gasteiger partial charge in [0.15, 0.2) is 0 Å². The highest BCUT2D eigenvalue weighted by molar-refractivity contribution is 5.81. The molecule has 0 aromatic carbocycles. The molecule has 0 spiro atoms. The molecule has 2 N–H and O–H groups in total. The van der Waals surface area contributed by atoms with Crippen molar-refractivity contribution in [3.63, 3.8) is 0 Å². The number of hydrogen-bond acceptors (Lipinski definition) is 5. The van der Waals surface area contributed by atoms with Crippen molar-refractivity contribution >= 4 is 11.0 Å². The van der Waals surface area contributed by atoms with E-state index in [-0.39, 0.29) is 0 Å². The van der Waals surface area contributed by atoms with Gasteiger partial charge in [0, 0.05) is 17.5 Å². The normalized spacial score (nSPS) is 17.6. The third kappa shape index (κ3) is 1.67. The van der Waals surface area contributed by atoms with Crippen LogP contribution in [0.15, 0.2) is 18.3 Å². The van der Waals surface area contributed by atoms with E-state index in [9.17, 15) is 0 Å². The van der Waals surface area contributed by atoms with Gasteiger partial charge in [-0.1, -0.05) is 0 Å². The molecule has 5 heteroatoms. The number of pyridine rings is 2. The van der Waals surface area contributed by atoms with E-state index in [2.05, 4.69) is 9.97 Å². The Bertz CT molecular complexity index is 584. The van der Waals surface area contributed by atoms with Crippen LogP contribution in [0.2, 0.25) is 0 Å². The van der Waals surface area contributed by atoms with Crippen molar-refractivity contribution in [1.29, 1.82) is 0 Å². The van der Waals surface area contributed by atoms with Gasteiger partial charge in [-0.2, -0.15) is 0 Å². The number of ether oxygens (including phenoxy) is 2. The smallest absolute Gasteiger partial charge is 0.213 e. The fraction of sp³-hybridized carbons (Fsp3) is 0.385. The highest BCUT2D eigenvalue weighted by atomic mass is 16.5. The Hall–Kier alpha value is -1.88. The molecule has 0 unspecified atom stereocenters. The van der Waals surface area contributed by atoms with E-state index in [0.717, 1.165) is 28.8 Å². The molecule has 0 bridgehead atoms. The Morgan fingerprint density at radius 1 is 1.50 bits per heavy atom. The molecule has 3 heterocycles. The van der Waals surface area contributed by atoms with Gasteiger partial charge in [0.05, 0.1) is 25.4 Å². The minimum absolute atomic E-state index is 0.301. The second-order valence-corrected chi connectivity index (χ2v) is 4.34. The lowest BCUT2D eigenvalue weighted by molar-refractivity contribution is 0.325. The van der Waals surface area contributed by atoms with Gasteiger partial charge in [-0.15, -0.1) is 0 Å². The maximum atomic E-state index is 5.65. The molecule has 3 rings (SSSR count). The lowest BCUT2D eigenvalue weighted by atomic mass is 9.97. The maximum absolute atomic E-state index is 5.65. The van der Waals surface area contributed by atoms with Crippen molar-refractivity contribution in [3.05, 3.63) is 23.9 Å². The number of nitrogens with zero attached hydrogens (tertiary/aromatic N) is 2. The van der Waals surface area contributed by atoms with E-state index >= 15 is 0 Å². The van der Waals surface area contributed by atoms with Gasteiger partial charge in [-0.25, -0.2) is 4.98 Å². The number of rotatable bonds is 3. The van der Waals surface area contributed by atoms with Gasteiger partial charge >= 0.3 is 0 Å². The Balaban J connectivity index is 2.19. The summed E-state index contributed by atoms with van der Waals surface area (Å²) in [5.41, 5.74) is 8.49. The number of hydrogen-bond donors (Lipinski definition) is 1. The van der Waals surface area contributed by atoms with Gasteiger partial charge in [-0.05, 0) is 19.0 Å². The summed E-state index contributed by atoms with van der Waals surface area (Å²) in [7, 11) is 1.61. The average Bonchev–Trinajstić information content (AvgIpc) is 2.82. The lowest BCUT2D eigenvalue weighted by Crippen LogP contribution is -2.09. The van der Waals surface area contributed by atoms with Crippen molar-refractivity contribution in [2.45, 2.75) is 12.3 Å². The molecule has 0 radical (unpaired) electrons. The molecule has 2 aromatic heterocycles. The highest BCUT2D eigenvalue weighted by Gasteiger charge is 2.27. The van der Waals surface area contributed by atoms with Crippen molar-refractivity contribution < 1.29 is 9.47 Å². The first-order valence-electron chi connectivity index (χ1n) is 6.00. The van der Waals surface area contributed by atoms with Crippen LogP contribution in [0.4, 0.5) is 0 Å². The largest absolute Gasteiger partial charge is 0.491 e. The molecule has 0 amide bonds. The number of aromatic nitrogens is 2. The summed E-state index contributed by atoms with van der Waals surface area (Å²) >= 11 is 0. The zero-order valence-electron chi connectivity index (χ0n) is 10.2. The molecule has 5 nitrogen and oxygen atoms in total. The second kappa shape index (κ2) is 4.42. The van der Waals surface area contributed by atoms with E-state index in [0.29, 0.717) is 24.9 Å².